The largest absolute Gasteiger partial charge is 0.352 e. The molecule has 17 heavy (non-hydrogen) atoms. The molecule has 0 aromatic heterocycles. The summed E-state index contributed by atoms with van der Waals surface area (Å²) in [6, 6.07) is 5.24. The first-order valence-corrected chi connectivity index (χ1v) is 5.17. The van der Waals surface area contributed by atoms with Crippen LogP contribution in [0.25, 0.3) is 0 Å². The Bertz CT molecular complexity index is 391. The van der Waals surface area contributed by atoms with Gasteiger partial charge in [-0.25, -0.2) is 4.39 Å². The molecule has 0 atom stereocenters. The van der Waals surface area contributed by atoms with Crippen LogP contribution in [0.4, 0.5) is 4.39 Å². The van der Waals surface area contributed by atoms with Crippen molar-refractivity contribution in [3.05, 3.63) is 35.1 Å². The van der Waals surface area contributed by atoms with Crippen LogP contribution in [0.2, 0.25) is 0 Å². The fraction of sp³-hybridized carbons (Fsp3) is 0.417. The van der Waals surface area contributed by atoms with E-state index in [4.69, 9.17) is 0 Å². The third-order valence-electron chi connectivity index (χ3n) is 2.32. The van der Waals surface area contributed by atoms with Gasteiger partial charge in [0, 0.05) is 27.7 Å². The van der Waals surface area contributed by atoms with Gasteiger partial charge in [-0.3, -0.25) is 4.99 Å². The number of rotatable bonds is 2. The first-order valence-electron chi connectivity index (χ1n) is 5.17. The standard InChI is InChI=1S/C12H18FN3.HI/c1-9-5-6-10(7-11(9)13)8-15-12(14-2)16(3)4;/h5-7H,8H2,1-4H3,(H,14,15);1H. The molecule has 1 aromatic carbocycles. The summed E-state index contributed by atoms with van der Waals surface area (Å²) in [4.78, 5) is 5.96. The molecule has 0 radical (unpaired) electrons. The third-order valence-corrected chi connectivity index (χ3v) is 2.32. The highest BCUT2D eigenvalue weighted by molar-refractivity contribution is 14.0. The molecule has 0 spiro atoms. The number of aryl methyl sites for hydroxylation is 1. The molecule has 0 saturated heterocycles. The number of nitrogens with one attached hydrogen (secondary N) is 1. The van der Waals surface area contributed by atoms with E-state index in [1.165, 1.54) is 0 Å². The predicted octanol–water partition coefficient (Wildman–Crippen LogP) is 2.39. The first-order chi connectivity index (χ1) is 7.54. The maximum Gasteiger partial charge on any atom is 0.193 e. The van der Waals surface area contributed by atoms with E-state index >= 15 is 0 Å². The number of halogens is 2. The van der Waals surface area contributed by atoms with E-state index < -0.39 is 0 Å². The summed E-state index contributed by atoms with van der Waals surface area (Å²) >= 11 is 0. The maximum absolute atomic E-state index is 13.3. The summed E-state index contributed by atoms with van der Waals surface area (Å²) < 4.78 is 13.3. The van der Waals surface area contributed by atoms with Gasteiger partial charge in [0.15, 0.2) is 5.96 Å². The molecule has 0 saturated carbocycles. The fourth-order valence-electron chi connectivity index (χ4n) is 1.36. The van der Waals surface area contributed by atoms with E-state index in [-0.39, 0.29) is 29.8 Å². The summed E-state index contributed by atoms with van der Waals surface area (Å²) in [5, 5.41) is 3.14. The Balaban J connectivity index is 0.00000256. The van der Waals surface area contributed by atoms with Crippen molar-refractivity contribution in [1.82, 2.24) is 10.2 Å². The third kappa shape index (κ3) is 4.89. The molecule has 0 amide bonds. The molecular weight excluding hydrogens is 332 g/mol. The van der Waals surface area contributed by atoms with E-state index in [0.717, 1.165) is 11.5 Å². The van der Waals surface area contributed by atoms with Crippen molar-refractivity contribution in [3.63, 3.8) is 0 Å². The van der Waals surface area contributed by atoms with Crippen molar-refractivity contribution < 1.29 is 4.39 Å². The fourth-order valence-corrected chi connectivity index (χ4v) is 1.36. The summed E-state index contributed by atoms with van der Waals surface area (Å²) in [6.45, 7) is 2.33. The van der Waals surface area contributed by atoms with E-state index in [1.54, 1.807) is 26.1 Å². The summed E-state index contributed by atoms with van der Waals surface area (Å²) in [5.41, 5.74) is 1.58. The second kappa shape index (κ2) is 7.47. The van der Waals surface area contributed by atoms with Crippen LogP contribution in [0, 0.1) is 12.7 Å². The maximum atomic E-state index is 13.3. The lowest BCUT2D eigenvalue weighted by Gasteiger charge is -2.16. The highest BCUT2D eigenvalue weighted by atomic mass is 127. The zero-order chi connectivity index (χ0) is 12.1. The molecule has 1 rings (SSSR count). The first kappa shape index (κ1) is 16.1. The number of nitrogens with zero attached hydrogens (tertiary/aromatic N) is 2. The number of hydrogen-bond acceptors (Lipinski definition) is 1. The monoisotopic (exact) mass is 351 g/mol. The minimum Gasteiger partial charge on any atom is -0.352 e. The highest BCUT2D eigenvalue weighted by Gasteiger charge is 2.02. The zero-order valence-electron chi connectivity index (χ0n) is 10.6. The molecule has 5 heteroatoms. The van der Waals surface area contributed by atoms with E-state index in [0.29, 0.717) is 12.1 Å². The van der Waals surface area contributed by atoms with Crippen LogP contribution in [0.3, 0.4) is 0 Å². The van der Waals surface area contributed by atoms with Gasteiger partial charge in [0.25, 0.3) is 0 Å². The Labute approximate surface area is 119 Å². The van der Waals surface area contributed by atoms with Crippen molar-refractivity contribution >= 4 is 29.9 Å². The van der Waals surface area contributed by atoms with Gasteiger partial charge in [-0.05, 0) is 24.1 Å². The molecule has 0 unspecified atom stereocenters. The molecular formula is C12H19FIN3. The van der Waals surface area contributed by atoms with Crippen molar-refractivity contribution in [2.75, 3.05) is 21.1 Å². The minimum atomic E-state index is -0.167. The molecule has 0 aliphatic rings. The Kier molecular flexibility index (Phi) is 7.10. The van der Waals surface area contributed by atoms with E-state index in [2.05, 4.69) is 10.3 Å². The molecule has 3 nitrogen and oxygen atoms in total. The summed E-state index contributed by atoms with van der Waals surface area (Å²) in [5.74, 6) is 0.611. The lowest BCUT2D eigenvalue weighted by Crippen LogP contribution is -2.35. The van der Waals surface area contributed by atoms with Gasteiger partial charge in [-0.2, -0.15) is 0 Å². The second-order valence-corrected chi connectivity index (χ2v) is 3.88. The van der Waals surface area contributed by atoms with Crippen LogP contribution in [-0.2, 0) is 6.54 Å². The number of aliphatic imine (C=N–C) groups is 1. The van der Waals surface area contributed by atoms with Gasteiger partial charge in [-0.1, -0.05) is 12.1 Å². The average molecular weight is 351 g/mol. The number of hydrogen-bond donors (Lipinski definition) is 1. The topological polar surface area (TPSA) is 27.6 Å². The molecule has 0 fully saturated rings. The van der Waals surface area contributed by atoms with Crippen molar-refractivity contribution in [2.24, 2.45) is 4.99 Å². The summed E-state index contributed by atoms with van der Waals surface area (Å²) in [6.07, 6.45) is 0. The smallest absolute Gasteiger partial charge is 0.193 e. The van der Waals surface area contributed by atoms with Gasteiger partial charge in [-0.15, -0.1) is 24.0 Å². The van der Waals surface area contributed by atoms with Gasteiger partial charge in [0.05, 0.1) is 0 Å². The molecule has 96 valence electrons. The average Bonchev–Trinajstić information content (AvgIpc) is 2.23. The van der Waals surface area contributed by atoms with Crippen molar-refractivity contribution in [1.29, 1.82) is 0 Å². The molecule has 1 aromatic rings. The van der Waals surface area contributed by atoms with Gasteiger partial charge >= 0.3 is 0 Å². The van der Waals surface area contributed by atoms with Crippen LogP contribution in [0.5, 0.6) is 0 Å². The summed E-state index contributed by atoms with van der Waals surface area (Å²) in [7, 11) is 5.54. The van der Waals surface area contributed by atoms with E-state index in [9.17, 15) is 4.39 Å². The molecule has 0 bridgehead atoms. The minimum absolute atomic E-state index is 0. The second-order valence-electron chi connectivity index (χ2n) is 3.88. The van der Waals surface area contributed by atoms with Crippen LogP contribution in [-0.4, -0.2) is 32.0 Å². The van der Waals surface area contributed by atoms with Crippen molar-refractivity contribution in [2.45, 2.75) is 13.5 Å². The van der Waals surface area contributed by atoms with Crippen LogP contribution in [0.15, 0.2) is 23.2 Å². The van der Waals surface area contributed by atoms with Crippen molar-refractivity contribution in [3.8, 4) is 0 Å². The van der Waals surface area contributed by atoms with Gasteiger partial charge in [0.2, 0.25) is 0 Å². The lowest BCUT2D eigenvalue weighted by molar-refractivity contribution is 0.581. The van der Waals surface area contributed by atoms with E-state index in [1.807, 2.05) is 25.1 Å². The predicted molar refractivity (Wildman–Crippen MR) is 80.4 cm³/mol. The van der Waals surface area contributed by atoms with Crippen LogP contribution >= 0.6 is 24.0 Å². The van der Waals surface area contributed by atoms with Gasteiger partial charge in [0.1, 0.15) is 5.82 Å². The SMILES string of the molecule is CN=C(NCc1ccc(C)c(F)c1)N(C)C.I. The Morgan fingerprint density at radius 2 is 2.06 bits per heavy atom. The molecule has 0 heterocycles. The highest BCUT2D eigenvalue weighted by Crippen LogP contribution is 2.08. The normalized spacial score (nSPS) is 10.8. The number of guanidine groups is 1. The quantitative estimate of drug-likeness (QED) is 0.503. The molecule has 0 aliphatic carbocycles. The van der Waals surface area contributed by atoms with Crippen LogP contribution < -0.4 is 5.32 Å². The lowest BCUT2D eigenvalue weighted by atomic mass is 10.1. The Morgan fingerprint density at radius 1 is 1.41 bits per heavy atom. The molecule has 0 aliphatic heterocycles. The Morgan fingerprint density at radius 3 is 2.53 bits per heavy atom. The number of benzene rings is 1. The zero-order valence-corrected chi connectivity index (χ0v) is 13.0. The molecule has 1 N–H and O–H groups in total. The van der Waals surface area contributed by atoms with Gasteiger partial charge < -0.3 is 10.2 Å². The van der Waals surface area contributed by atoms with Crippen LogP contribution in [0.1, 0.15) is 11.1 Å². The Hall–Kier alpha value is -0.850.